The van der Waals surface area contributed by atoms with E-state index in [9.17, 15) is 5.11 Å². The molecule has 6 nitrogen and oxygen atoms in total. The summed E-state index contributed by atoms with van der Waals surface area (Å²) in [4.78, 5) is 5.00. The molecule has 0 amide bonds. The highest BCUT2D eigenvalue weighted by Crippen LogP contribution is 2.42. The SMILES string of the molecule is C=C(CCC/C=C/C/C=C/C/C=C/C/C=C/C/C=C\CC)OC1C(CO)OC(N2C=CC(N)=NC2=C)C1(F)F. The number of amidine groups is 1. The Hall–Kier alpha value is -3.23. The van der Waals surface area contributed by atoms with Crippen molar-refractivity contribution in [1.29, 1.82) is 0 Å². The molecule has 0 bridgehead atoms. The summed E-state index contributed by atoms with van der Waals surface area (Å²) in [5.74, 6) is -3.04. The largest absolute Gasteiger partial charge is 0.486 e. The molecule has 0 aliphatic carbocycles. The first kappa shape index (κ1) is 32.0. The van der Waals surface area contributed by atoms with Crippen molar-refractivity contribution < 1.29 is 23.4 Å². The van der Waals surface area contributed by atoms with Crippen LogP contribution in [0.5, 0.6) is 0 Å². The van der Waals surface area contributed by atoms with Gasteiger partial charge in [0.1, 0.15) is 17.8 Å². The Morgan fingerprint density at radius 2 is 1.64 bits per heavy atom. The van der Waals surface area contributed by atoms with Crippen molar-refractivity contribution >= 4 is 5.84 Å². The minimum absolute atomic E-state index is 0.0212. The fourth-order valence-corrected chi connectivity index (χ4v) is 3.98. The maximum absolute atomic E-state index is 15.2. The third-order valence-electron chi connectivity index (χ3n) is 6.02. The maximum atomic E-state index is 15.2. The van der Waals surface area contributed by atoms with E-state index in [4.69, 9.17) is 15.2 Å². The zero-order valence-corrected chi connectivity index (χ0v) is 22.9. The number of aliphatic hydroxyl groups is 1. The second kappa shape index (κ2) is 17.4. The van der Waals surface area contributed by atoms with Gasteiger partial charge in [0.25, 0.3) is 0 Å². The number of aliphatic imine (C=N–C) groups is 1. The van der Waals surface area contributed by atoms with E-state index < -0.39 is 31.0 Å². The van der Waals surface area contributed by atoms with E-state index in [0.717, 1.165) is 43.4 Å². The highest BCUT2D eigenvalue weighted by molar-refractivity contribution is 5.92. The number of allylic oxidation sites excluding steroid dienone is 11. The van der Waals surface area contributed by atoms with E-state index in [2.05, 4.69) is 85.8 Å². The van der Waals surface area contributed by atoms with Crippen LogP contribution in [0.1, 0.15) is 58.3 Å². The molecule has 3 N–H and O–H groups in total. The van der Waals surface area contributed by atoms with Crippen LogP contribution in [0.3, 0.4) is 0 Å². The number of ether oxygens (including phenoxy) is 2. The van der Waals surface area contributed by atoms with Crippen molar-refractivity contribution in [2.45, 2.75) is 82.6 Å². The molecule has 1 saturated heterocycles. The van der Waals surface area contributed by atoms with Gasteiger partial charge in [-0.3, -0.25) is 0 Å². The number of aliphatic hydroxyl groups excluding tert-OH is 1. The van der Waals surface area contributed by atoms with Crippen LogP contribution in [0.4, 0.5) is 8.78 Å². The monoisotopic (exact) mass is 543 g/mol. The first-order chi connectivity index (χ1) is 18.8. The van der Waals surface area contributed by atoms with E-state index in [0.29, 0.717) is 12.8 Å². The van der Waals surface area contributed by atoms with Crippen LogP contribution in [0, 0.1) is 0 Å². The highest BCUT2D eigenvalue weighted by Gasteiger charge is 2.62. The molecule has 214 valence electrons. The molecule has 2 aliphatic heterocycles. The lowest BCUT2D eigenvalue weighted by Crippen LogP contribution is -2.48. The van der Waals surface area contributed by atoms with E-state index in [1.807, 2.05) is 0 Å². The van der Waals surface area contributed by atoms with Gasteiger partial charge in [0, 0.05) is 12.6 Å². The number of hydrogen-bond donors (Lipinski definition) is 2. The molecule has 1 fully saturated rings. The standard InChI is InChI=1S/C31H43F2N3O3/c1-4-5-6-7-8-9-10-11-12-13-14-15-16-17-18-19-20-21-25(2)38-29-27(24-37)39-30(31(29,32)33)36-23-22-28(34)35-26(36)3/h5-6,8-9,11-12,14-15,17-18,22-23,27,29-30,37H,2-4,7,10,13,16,19-21,24H2,1H3,(H2,34,35)/b6-5-,9-8+,12-11+,15-14+,18-17+. The number of halogens is 2. The molecule has 0 aromatic rings. The molecule has 0 aromatic carbocycles. The molecule has 2 aliphatic rings. The lowest BCUT2D eigenvalue weighted by atomic mass is 10.1. The minimum Gasteiger partial charge on any atom is -0.486 e. The van der Waals surface area contributed by atoms with Gasteiger partial charge in [-0.2, -0.15) is 8.78 Å². The van der Waals surface area contributed by atoms with Gasteiger partial charge in [0.2, 0.25) is 6.23 Å². The number of hydrogen-bond acceptors (Lipinski definition) is 6. The van der Waals surface area contributed by atoms with Crippen LogP contribution < -0.4 is 5.73 Å². The fourth-order valence-electron chi connectivity index (χ4n) is 3.98. The lowest BCUT2D eigenvalue weighted by Gasteiger charge is -2.32. The molecule has 2 heterocycles. The Balaban J connectivity index is 1.66. The van der Waals surface area contributed by atoms with Gasteiger partial charge in [-0.05, 0) is 51.0 Å². The minimum atomic E-state index is -3.45. The molecule has 0 saturated carbocycles. The van der Waals surface area contributed by atoms with Crippen LogP contribution in [0.25, 0.3) is 0 Å². The molecule has 3 unspecified atom stereocenters. The molecule has 0 radical (unpaired) electrons. The predicted octanol–water partition coefficient (Wildman–Crippen LogP) is 6.82. The average Bonchev–Trinajstić information content (AvgIpc) is 3.15. The average molecular weight is 544 g/mol. The van der Waals surface area contributed by atoms with Gasteiger partial charge in [-0.1, -0.05) is 80.8 Å². The van der Waals surface area contributed by atoms with Crippen LogP contribution in [-0.4, -0.2) is 46.8 Å². The summed E-state index contributed by atoms with van der Waals surface area (Å²) in [5.41, 5.74) is 5.59. The van der Waals surface area contributed by atoms with Crippen molar-refractivity contribution in [2.75, 3.05) is 6.61 Å². The van der Waals surface area contributed by atoms with Crippen molar-refractivity contribution in [3.8, 4) is 0 Å². The lowest BCUT2D eigenvalue weighted by molar-refractivity contribution is -0.152. The molecular weight excluding hydrogens is 500 g/mol. The Morgan fingerprint density at radius 1 is 1.08 bits per heavy atom. The second-order valence-electron chi connectivity index (χ2n) is 9.24. The number of unbranched alkanes of at least 4 members (excludes halogenated alkanes) is 1. The van der Waals surface area contributed by atoms with Gasteiger partial charge in [0.05, 0.1) is 12.4 Å². The molecular formula is C31H43F2N3O3. The van der Waals surface area contributed by atoms with E-state index in [1.54, 1.807) is 0 Å². The normalized spacial score (nSPS) is 23.4. The quantitative estimate of drug-likeness (QED) is 0.120. The summed E-state index contributed by atoms with van der Waals surface area (Å²) in [6.07, 6.45) is 26.2. The molecule has 2 rings (SSSR count). The molecule has 0 aromatic heterocycles. The number of nitrogens with zero attached hydrogens (tertiary/aromatic N) is 2. The topological polar surface area (TPSA) is 80.3 Å². The van der Waals surface area contributed by atoms with Crippen molar-refractivity contribution in [3.05, 3.63) is 97.8 Å². The second-order valence-corrected chi connectivity index (χ2v) is 9.24. The van der Waals surface area contributed by atoms with E-state index >= 15 is 8.78 Å². The number of alkyl halides is 2. The van der Waals surface area contributed by atoms with Crippen LogP contribution >= 0.6 is 0 Å². The fraction of sp³-hybridized carbons (Fsp3) is 0.452. The van der Waals surface area contributed by atoms with Crippen LogP contribution in [0.15, 0.2) is 103 Å². The summed E-state index contributed by atoms with van der Waals surface area (Å²) < 4.78 is 41.4. The van der Waals surface area contributed by atoms with Gasteiger partial charge >= 0.3 is 5.92 Å². The number of rotatable bonds is 17. The smallest absolute Gasteiger partial charge is 0.330 e. The third-order valence-corrected chi connectivity index (χ3v) is 6.02. The third kappa shape index (κ3) is 10.8. The zero-order valence-electron chi connectivity index (χ0n) is 22.9. The number of nitrogens with two attached hydrogens (primary N) is 1. The van der Waals surface area contributed by atoms with Crippen molar-refractivity contribution in [2.24, 2.45) is 10.7 Å². The van der Waals surface area contributed by atoms with Crippen molar-refractivity contribution in [1.82, 2.24) is 4.90 Å². The predicted molar refractivity (Wildman–Crippen MR) is 155 cm³/mol. The first-order valence-electron chi connectivity index (χ1n) is 13.5. The summed E-state index contributed by atoms with van der Waals surface area (Å²) in [6.45, 7) is 8.96. The van der Waals surface area contributed by atoms with Crippen LogP contribution in [-0.2, 0) is 9.47 Å². The Morgan fingerprint density at radius 3 is 2.18 bits per heavy atom. The Kier molecular flexibility index (Phi) is 14.3. The van der Waals surface area contributed by atoms with Crippen LogP contribution in [0.2, 0.25) is 0 Å². The molecule has 0 spiro atoms. The Bertz CT molecular complexity index is 995. The van der Waals surface area contributed by atoms with Gasteiger partial charge in [-0.25, -0.2) is 4.99 Å². The van der Waals surface area contributed by atoms with Gasteiger partial charge < -0.3 is 25.2 Å². The summed E-state index contributed by atoms with van der Waals surface area (Å²) >= 11 is 0. The first-order valence-corrected chi connectivity index (χ1v) is 13.5. The summed E-state index contributed by atoms with van der Waals surface area (Å²) in [5, 5.41) is 9.64. The van der Waals surface area contributed by atoms with Crippen molar-refractivity contribution in [3.63, 3.8) is 0 Å². The van der Waals surface area contributed by atoms with Gasteiger partial charge in [-0.15, -0.1) is 0 Å². The van der Waals surface area contributed by atoms with Gasteiger partial charge in [0.15, 0.2) is 6.10 Å². The summed E-state index contributed by atoms with van der Waals surface area (Å²) in [6, 6.07) is 0. The molecule has 3 atom stereocenters. The molecule has 39 heavy (non-hydrogen) atoms. The maximum Gasteiger partial charge on any atom is 0.330 e. The van der Waals surface area contributed by atoms with E-state index in [-0.39, 0.29) is 17.4 Å². The van der Waals surface area contributed by atoms with E-state index in [1.165, 1.54) is 12.3 Å². The molecule has 8 heteroatoms. The zero-order chi connectivity index (χ0) is 28.5. The summed E-state index contributed by atoms with van der Waals surface area (Å²) in [7, 11) is 0. The Labute approximate surface area is 232 Å². The highest BCUT2D eigenvalue weighted by atomic mass is 19.3.